The van der Waals surface area contributed by atoms with Crippen molar-refractivity contribution >= 4 is 43.7 Å². The highest BCUT2D eigenvalue weighted by atomic mass is 79.9. The van der Waals surface area contributed by atoms with Gasteiger partial charge in [0.2, 0.25) is 0 Å². The Kier molecular flexibility index (Phi) is 7.76. The van der Waals surface area contributed by atoms with Crippen molar-refractivity contribution in [2.24, 2.45) is 0 Å². The maximum atomic E-state index is 12.7. The molecule has 34 heavy (non-hydrogen) atoms. The van der Waals surface area contributed by atoms with Crippen LogP contribution in [0.25, 0.3) is 6.08 Å². The lowest BCUT2D eigenvalue weighted by Crippen LogP contribution is -2.14. The smallest absolute Gasteiger partial charge is 0.339 e. The van der Waals surface area contributed by atoms with Crippen molar-refractivity contribution in [1.82, 2.24) is 0 Å². The van der Waals surface area contributed by atoms with Crippen LogP contribution in [0.5, 0.6) is 11.5 Å². The van der Waals surface area contributed by atoms with Gasteiger partial charge in [-0.15, -0.1) is 0 Å². The summed E-state index contributed by atoms with van der Waals surface area (Å²) in [4.78, 5) is 12.6. The highest BCUT2D eigenvalue weighted by Gasteiger charge is 2.22. The van der Waals surface area contributed by atoms with Gasteiger partial charge >= 0.3 is 10.1 Å². The molecule has 0 fully saturated rings. The van der Waals surface area contributed by atoms with E-state index in [-0.39, 0.29) is 26.4 Å². The van der Waals surface area contributed by atoms with Gasteiger partial charge in [-0.25, -0.2) is 0 Å². The molecule has 0 atom stereocenters. The van der Waals surface area contributed by atoms with Crippen molar-refractivity contribution in [2.75, 3.05) is 12.4 Å². The van der Waals surface area contributed by atoms with Crippen molar-refractivity contribution < 1.29 is 22.1 Å². The number of methoxy groups -OCH3 is 1. The number of carbonyl (C=O) groups excluding carboxylic acids is 1. The molecule has 0 aliphatic heterocycles. The highest BCUT2D eigenvalue weighted by Crippen LogP contribution is 2.39. The first-order valence-corrected chi connectivity index (χ1v) is 12.2. The standard InChI is InChI=1S/C25H21BrN2O5S/c1-16-8-10-20(11-9-16)34(30,31)33-24-21(26)13-18(14-23(24)32-3)12-19(15-27)25(29)28-22-7-5-4-6-17(22)2/h4-14H,1-3H3,(H,28,29)/b19-12+. The molecule has 0 unspecified atom stereocenters. The van der Waals surface area contributed by atoms with E-state index in [9.17, 15) is 18.5 Å². The average molecular weight is 541 g/mol. The number of benzene rings is 3. The van der Waals surface area contributed by atoms with Crippen LogP contribution in [-0.4, -0.2) is 21.4 Å². The SMILES string of the molecule is COc1cc(/C=C(\C#N)C(=O)Nc2ccccc2C)cc(Br)c1OS(=O)(=O)c1ccc(C)cc1. The predicted octanol–water partition coefficient (Wildman–Crippen LogP) is 5.39. The van der Waals surface area contributed by atoms with Crippen LogP contribution in [0.4, 0.5) is 5.69 Å². The van der Waals surface area contributed by atoms with Gasteiger partial charge in [-0.2, -0.15) is 13.7 Å². The molecule has 0 radical (unpaired) electrons. The van der Waals surface area contributed by atoms with Crippen LogP contribution >= 0.6 is 15.9 Å². The molecule has 9 heteroatoms. The number of nitrogens with one attached hydrogen (secondary N) is 1. The number of carbonyl (C=O) groups is 1. The van der Waals surface area contributed by atoms with Gasteiger partial charge in [-0.1, -0.05) is 35.9 Å². The van der Waals surface area contributed by atoms with Gasteiger partial charge in [0.15, 0.2) is 11.5 Å². The van der Waals surface area contributed by atoms with E-state index < -0.39 is 16.0 Å². The number of ether oxygens (including phenoxy) is 1. The summed E-state index contributed by atoms with van der Waals surface area (Å²) in [6, 6.07) is 18.3. The first kappa shape index (κ1) is 25.0. The van der Waals surface area contributed by atoms with Gasteiger partial charge in [-0.05, 0) is 77.3 Å². The molecule has 0 heterocycles. The number of nitrogens with zero attached hydrogens (tertiary/aromatic N) is 1. The Balaban J connectivity index is 1.92. The third kappa shape index (κ3) is 5.84. The molecule has 0 bridgehead atoms. The fraction of sp³-hybridized carbons (Fsp3) is 0.120. The molecule has 3 aromatic rings. The summed E-state index contributed by atoms with van der Waals surface area (Å²) in [6.45, 7) is 3.69. The summed E-state index contributed by atoms with van der Waals surface area (Å²) in [7, 11) is -2.76. The Bertz CT molecular complexity index is 1410. The predicted molar refractivity (Wildman–Crippen MR) is 133 cm³/mol. The van der Waals surface area contributed by atoms with E-state index in [1.165, 1.54) is 37.5 Å². The van der Waals surface area contributed by atoms with Gasteiger partial charge in [0.05, 0.1) is 11.6 Å². The maximum Gasteiger partial charge on any atom is 0.339 e. The molecule has 3 rings (SSSR count). The summed E-state index contributed by atoms with van der Waals surface area (Å²) in [6.07, 6.45) is 1.37. The van der Waals surface area contributed by atoms with Crippen LogP contribution in [0.3, 0.4) is 0 Å². The number of hydrogen-bond acceptors (Lipinski definition) is 6. The Hall–Kier alpha value is -3.61. The molecule has 0 aliphatic carbocycles. The zero-order valence-corrected chi connectivity index (χ0v) is 21.0. The zero-order valence-electron chi connectivity index (χ0n) is 18.6. The largest absolute Gasteiger partial charge is 0.493 e. The molecule has 0 saturated heterocycles. The van der Waals surface area contributed by atoms with Gasteiger partial charge in [-0.3, -0.25) is 4.79 Å². The van der Waals surface area contributed by atoms with Crippen LogP contribution in [0.1, 0.15) is 16.7 Å². The van der Waals surface area contributed by atoms with Crippen LogP contribution in [-0.2, 0) is 14.9 Å². The highest BCUT2D eigenvalue weighted by molar-refractivity contribution is 9.10. The van der Waals surface area contributed by atoms with Crippen molar-refractivity contribution in [3.05, 3.63) is 87.4 Å². The van der Waals surface area contributed by atoms with Crippen molar-refractivity contribution in [2.45, 2.75) is 18.7 Å². The Labute approximate surface area is 206 Å². The van der Waals surface area contributed by atoms with E-state index in [2.05, 4.69) is 21.2 Å². The lowest BCUT2D eigenvalue weighted by molar-refractivity contribution is -0.112. The van der Waals surface area contributed by atoms with Crippen molar-refractivity contribution in [3.8, 4) is 17.6 Å². The molecular formula is C25H21BrN2O5S. The molecule has 0 spiro atoms. The van der Waals surface area contributed by atoms with E-state index in [4.69, 9.17) is 8.92 Å². The molecule has 1 N–H and O–H groups in total. The fourth-order valence-corrected chi connectivity index (χ4v) is 4.59. The summed E-state index contributed by atoms with van der Waals surface area (Å²) in [5.41, 5.74) is 2.65. The molecule has 0 aliphatic rings. The first-order valence-electron chi connectivity index (χ1n) is 10.0. The topological polar surface area (TPSA) is 105 Å². The molecule has 0 aromatic heterocycles. The van der Waals surface area contributed by atoms with Gasteiger partial charge in [0.25, 0.3) is 5.91 Å². The van der Waals surface area contributed by atoms with E-state index in [0.29, 0.717) is 11.3 Å². The van der Waals surface area contributed by atoms with E-state index >= 15 is 0 Å². The lowest BCUT2D eigenvalue weighted by atomic mass is 10.1. The first-order chi connectivity index (χ1) is 16.1. The number of amides is 1. The van der Waals surface area contributed by atoms with Crippen LogP contribution in [0, 0.1) is 25.2 Å². The number of aryl methyl sites for hydroxylation is 2. The van der Waals surface area contributed by atoms with Gasteiger partial charge < -0.3 is 14.2 Å². The molecular weight excluding hydrogens is 520 g/mol. The van der Waals surface area contributed by atoms with Crippen LogP contribution in [0.2, 0.25) is 0 Å². The summed E-state index contributed by atoms with van der Waals surface area (Å²) >= 11 is 3.31. The maximum absolute atomic E-state index is 12.7. The summed E-state index contributed by atoms with van der Waals surface area (Å²) in [5.74, 6) is -0.523. The number of hydrogen-bond donors (Lipinski definition) is 1. The second-order valence-corrected chi connectivity index (χ2v) is 9.72. The normalized spacial score (nSPS) is 11.4. The average Bonchev–Trinajstić information content (AvgIpc) is 2.80. The Morgan fingerprint density at radius 3 is 2.38 bits per heavy atom. The molecule has 0 saturated carbocycles. The molecule has 3 aromatic carbocycles. The Morgan fingerprint density at radius 1 is 1.09 bits per heavy atom. The summed E-state index contributed by atoms with van der Waals surface area (Å²) < 4.78 is 36.4. The number of nitriles is 1. The Morgan fingerprint density at radius 2 is 1.76 bits per heavy atom. The van der Waals surface area contributed by atoms with Gasteiger partial charge in [0.1, 0.15) is 16.5 Å². The number of rotatable bonds is 7. The minimum atomic E-state index is -4.12. The zero-order chi connectivity index (χ0) is 24.9. The monoisotopic (exact) mass is 540 g/mol. The minimum Gasteiger partial charge on any atom is -0.493 e. The molecule has 7 nitrogen and oxygen atoms in total. The molecule has 174 valence electrons. The number of halogens is 1. The third-order valence-corrected chi connectivity index (χ3v) is 6.65. The second-order valence-electron chi connectivity index (χ2n) is 7.32. The fourth-order valence-electron chi connectivity index (χ4n) is 2.98. The van der Waals surface area contributed by atoms with Crippen molar-refractivity contribution in [3.63, 3.8) is 0 Å². The third-order valence-electron chi connectivity index (χ3n) is 4.82. The minimum absolute atomic E-state index is 0.00401. The van der Waals surface area contributed by atoms with E-state index in [0.717, 1.165) is 11.1 Å². The second kappa shape index (κ2) is 10.5. The lowest BCUT2D eigenvalue weighted by Gasteiger charge is -2.14. The van der Waals surface area contributed by atoms with E-state index in [1.807, 2.05) is 32.0 Å². The molecule has 1 amide bonds. The van der Waals surface area contributed by atoms with E-state index in [1.54, 1.807) is 24.3 Å². The number of para-hydroxylation sites is 1. The van der Waals surface area contributed by atoms with Crippen LogP contribution in [0.15, 0.2) is 75.6 Å². The number of anilines is 1. The quantitative estimate of drug-likeness (QED) is 0.244. The van der Waals surface area contributed by atoms with Gasteiger partial charge in [0, 0.05) is 5.69 Å². The van der Waals surface area contributed by atoms with Crippen LogP contribution < -0.4 is 14.2 Å². The summed E-state index contributed by atoms with van der Waals surface area (Å²) in [5, 5.41) is 12.2. The van der Waals surface area contributed by atoms with Crippen molar-refractivity contribution in [1.29, 1.82) is 5.26 Å².